The van der Waals surface area contributed by atoms with Crippen LogP contribution in [-0.4, -0.2) is 46.0 Å². The van der Waals surface area contributed by atoms with E-state index in [-0.39, 0.29) is 0 Å². The maximum atomic E-state index is 12.6. The zero-order chi connectivity index (χ0) is 14.8. The lowest BCUT2D eigenvalue weighted by Gasteiger charge is -2.31. The smallest absolute Gasteiger partial charge is 0.243 e. The van der Waals surface area contributed by atoms with E-state index in [0.29, 0.717) is 34.2 Å². The van der Waals surface area contributed by atoms with E-state index in [1.807, 2.05) is 7.05 Å². The Balaban J connectivity index is 2.20. The lowest BCUT2D eigenvalue weighted by atomic mass is 10.1. The summed E-state index contributed by atoms with van der Waals surface area (Å²) in [6.45, 7) is 1.11. The molecular weight excluding hydrogens is 344 g/mol. The molecule has 0 unspecified atom stereocenters. The number of rotatable bonds is 4. The Kier molecular flexibility index (Phi) is 5.06. The molecule has 1 N–H and O–H groups in total. The van der Waals surface area contributed by atoms with Gasteiger partial charge in [-0.15, -0.1) is 0 Å². The van der Waals surface area contributed by atoms with Crippen molar-refractivity contribution in [3.8, 4) is 5.75 Å². The number of ether oxygens (including phenoxy) is 1. The van der Waals surface area contributed by atoms with E-state index in [4.69, 9.17) is 4.74 Å². The van der Waals surface area contributed by atoms with Crippen LogP contribution in [0.2, 0.25) is 0 Å². The lowest BCUT2D eigenvalue weighted by molar-refractivity contribution is 0.298. The fourth-order valence-corrected chi connectivity index (χ4v) is 4.53. The van der Waals surface area contributed by atoms with E-state index < -0.39 is 10.0 Å². The Morgan fingerprint density at radius 3 is 2.50 bits per heavy atom. The molecule has 5 nitrogen and oxygen atoms in total. The summed E-state index contributed by atoms with van der Waals surface area (Å²) < 4.78 is 32.5. The van der Waals surface area contributed by atoms with Gasteiger partial charge in [-0.3, -0.25) is 0 Å². The number of halogens is 1. The minimum Gasteiger partial charge on any atom is -0.496 e. The maximum Gasteiger partial charge on any atom is 0.243 e. The Hall–Kier alpha value is -0.630. The predicted molar refractivity (Wildman–Crippen MR) is 81.5 cm³/mol. The van der Waals surface area contributed by atoms with Crippen LogP contribution in [0.3, 0.4) is 0 Å². The fraction of sp³-hybridized carbons (Fsp3) is 0.538. The third kappa shape index (κ3) is 3.16. The third-order valence-electron chi connectivity index (χ3n) is 3.62. The molecule has 0 aromatic heterocycles. The van der Waals surface area contributed by atoms with Crippen molar-refractivity contribution in [3.63, 3.8) is 0 Å². The summed E-state index contributed by atoms with van der Waals surface area (Å²) in [4.78, 5) is 0.299. The van der Waals surface area contributed by atoms with Crippen LogP contribution in [-0.2, 0) is 10.0 Å². The van der Waals surface area contributed by atoms with Crippen molar-refractivity contribution in [2.45, 2.75) is 23.8 Å². The van der Waals surface area contributed by atoms with Gasteiger partial charge in [-0.05, 0) is 54.0 Å². The molecule has 20 heavy (non-hydrogen) atoms. The Morgan fingerprint density at radius 2 is 2.00 bits per heavy atom. The van der Waals surface area contributed by atoms with Crippen LogP contribution < -0.4 is 10.1 Å². The summed E-state index contributed by atoms with van der Waals surface area (Å²) in [5, 5.41) is 3.19. The Morgan fingerprint density at radius 1 is 1.35 bits per heavy atom. The molecule has 7 heteroatoms. The monoisotopic (exact) mass is 362 g/mol. The summed E-state index contributed by atoms with van der Waals surface area (Å²) in [5.41, 5.74) is 0. The first-order valence-electron chi connectivity index (χ1n) is 6.50. The molecule has 1 fully saturated rings. The number of piperidine rings is 1. The maximum absolute atomic E-state index is 12.6. The van der Waals surface area contributed by atoms with E-state index in [9.17, 15) is 8.42 Å². The third-order valence-corrected chi connectivity index (χ3v) is 6.14. The van der Waals surface area contributed by atoms with Crippen molar-refractivity contribution in [3.05, 3.63) is 22.7 Å². The highest BCUT2D eigenvalue weighted by atomic mass is 79.9. The number of nitrogens with one attached hydrogen (secondary N) is 1. The van der Waals surface area contributed by atoms with Gasteiger partial charge >= 0.3 is 0 Å². The van der Waals surface area contributed by atoms with Gasteiger partial charge in [0.15, 0.2) is 0 Å². The topological polar surface area (TPSA) is 58.6 Å². The van der Waals surface area contributed by atoms with Crippen LogP contribution in [0.25, 0.3) is 0 Å². The Bertz CT molecular complexity index is 569. The predicted octanol–water partition coefficient (Wildman–Crippen LogP) is 1.83. The van der Waals surface area contributed by atoms with Crippen LogP contribution in [0.15, 0.2) is 27.6 Å². The quantitative estimate of drug-likeness (QED) is 0.887. The summed E-state index contributed by atoms with van der Waals surface area (Å²) in [5.74, 6) is 0.623. The normalized spacial score (nSPS) is 18.1. The lowest BCUT2D eigenvalue weighted by Crippen LogP contribution is -2.43. The second-order valence-corrected chi connectivity index (χ2v) is 7.56. The molecule has 1 saturated heterocycles. The van der Waals surface area contributed by atoms with Crippen molar-refractivity contribution < 1.29 is 13.2 Å². The fourth-order valence-electron chi connectivity index (χ4n) is 2.34. The van der Waals surface area contributed by atoms with Gasteiger partial charge in [-0.25, -0.2) is 8.42 Å². The molecule has 112 valence electrons. The van der Waals surface area contributed by atoms with Gasteiger partial charge < -0.3 is 10.1 Å². The van der Waals surface area contributed by atoms with Gasteiger partial charge in [0.25, 0.3) is 0 Å². The van der Waals surface area contributed by atoms with Gasteiger partial charge in [0.2, 0.25) is 10.0 Å². The van der Waals surface area contributed by atoms with Crippen LogP contribution in [0.1, 0.15) is 12.8 Å². The van der Waals surface area contributed by atoms with Gasteiger partial charge in [-0.1, -0.05) is 0 Å². The van der Waals surface area contributed by atoms with Crippen molar-refractivity contribution >= 4 is 26.0 Å². The molecule has 1 heterocycles. The molecule has 0 spiro atoms. The molecule has 0 bridgehead atoms. The molecule has 0 atom stereocenters. The zero-order valence-electron chi connectivity index (χ0n) is 11.6. The second kappa shape index (κ2) is 6.43. The molecule has 1 aromatic carbocycles. The molecule has 0 radical (unpaired) electrons. The Labute approximate surface area is 128 Å². The summed E-state index contributed by atoms with van der Waals surface area (Å²) in [6, 6.07) is 5.25. The highest BCUT2D eigenvalue weighted by Crippen LogP contribution is 2.29. The average molecular weight is 363 g/mol. The minimum absolute atomic E-state index is 0.299. The van der Waals surface area contributed by atoms with Crippen LogP contribution >= 0.6 is 15.9 Å². The van der Waals surface area contributed by atoms with Gasteiger partial charge in [0.05, 0.1) is 16.5 Å². The first-order chi connectivity index (χ1) is 9.48. The molecular formula is C13H19BrN2O3S. The highest BCUT2D eigenvalue weighted by Gasteiger charge is 2.29. The van der Waals surface area contributed by atoms with Crippen molar-refractivity contribution in [2.24, 2.45) is 0 Å². The van der Waals surface area contributed by atoms with Crippen LogP contribution in [0.4, 0.5) is 0 Å². The highest BCUT2D eigenvalue weighted by molar-refractivity contribution is 9.10. The van der Waals surface area contributed by atoms with Gasteiger partial charge in [0, 0.05) is 19.1 Å². The summed E-state index contributed by atoms with van der Waals surface area (Å²) in [7, 11) is 0.0433. The summed E-state index contributed by atoms with van der Waals surface area (Å²) >= 11 is 3.33. The van der Waals surface area contributed by atoms with Crippen molar-refractivity contribution in [1.82, 2.24) is 9.62 Å². The zero-order valence-corrected chi connectivity index (χ0v) is 14.0. The molecule has 0 aliphatic carbocycles. The van der Waals surface area contributed by atoms with Gasteiger partial charge in [0.1, 0.15) is 5.75 Å². The van der Waals surface area contributed by atoms with E-state index in [1.54, 1.807) is 29.6 Å². The average Bonchev–Trinajstić information content (AvgIpc) is 2.47. The van der Waals surface area contributed by atoms with Crippen molar-refractivity contribution in [2.75, 3.05) is 27.2 Å². The first-order valence-corrected chi connectivity index (χ1v) is 8.73. The minimum atomic E-state index is -3.42. The summed E-state index contributed by atoms with van der Waals surface area (Å²) in [6.07, 6.45) is 1.68. The molecule has 1 aliphatic heterocycles. The van der Waals surface area contributed by atoms with E-state index in [0.717, 1.165) is 12.8 Å². The molecule has 0 amide bonds. The van der Waals surface area contributed by atoms with E-state index in [2.05, 4.69) is 21.2 Å². The van der Waals surface area contributed by atoms with E-state index in [1.165, 1.54) is 0 Å². The van der Waals surface area contributed by atoms with E-state index >= 15 is 0 Å². The van der Waals surface area contributed by atoms with Crippen LogP contribution in [0, 0.1) is 0 Å². The van der Waals surface area contributed by atoms with Crippen LogP contribution in [0.5, 0.6) is 5.75 Å². The number of hydrogen-bond donors (Lipinski definition) is 1. The largest absolute Gasteiger partial charge is 0.496 e. The molecule has 2 rings (SSSR count). The molecule has 1 aromatic rings. The number of sulfonamides is 1. The number of methoxy groups -OCH3 is 1. The standard InChI is InChI=1S/C13H19BrN2O3S/c1-15-10-5-7-16(8-6-10)20(17,18)11-3-4-13(19-2)12(14)9-11/h3-4,9-10,15H,5-8H2,1-2H3. The number of hydrogen-bond acceptors (Lipinski definition) is 4. The SMILES string of the molecule is CNC1CCN(S(=O)(=O)c2ccc(OC)c(Br)c2)CC1. The molecule has 1 aliphatic rings. The molecule has 0 saturated carbocycles. The van der Waals surface area contributed by atoms with Crippen molar-refractivity contribution in [1.29, 1.82) is 0 Å². The first kappa shape index (κ1) is 15.8. The number of benzene rings is 1. The van der Waals surface area contributed by atoms with Gasteiger partial charge in [-0.2, -0.15) is 4.31 Å². The second-order valence-electron chi connectivity index (χ2n) is 4.76. The number of nitrogens with zero attached hydrogens (tertiary/aromatic N) is 1.